The van der Waals surface area contributed by atoms with E-state index in [1.165, 1.54) is 0 Å². The molecule has 0 bridgehead atoms. The molecule has 2 aromatic rings. The Labute approximate surface area is 203 Å². The molecule has 0 N–H and O–H groups in total. The van der Waals surface area contributed by atoms with Crippen LogP contribution in [-0.4, -0.2) is 27.3 Å². The van der Waals surface area contributed by atoms with E-state index < -0.39 is 48.9 Å². The van der Waals surface area contributed by atoms with Gasteiger partial charge in [0.2, 0.25) is 0 Å². The average molecular weight is 491 g/mol. The number of carbonyl (C=O) groups excluding carboxylic acids is 1. The zero-order valence-electron chi connectivity index (χ0n) is 18.8. The van der Waals surface area contributed by atoms with E-state index >= 15 is 0 Å². The summed E-state index contributed by atoms with van der Waals surface area (Å²) in [5.41, 5.74) is -4.18. The Morgan fingerprint density at radius 1 is 0.861 bits per heavy atom. The third-order valence-corrected chi connectivity index (χ3v) is 5.56. The van der Waals surface area contributed by atoms with Crippen LogP contribution in [0.15, 0.2) is 29.8 Å². The molecule has 0 atom stereocenters. The maximum atomic E-state index is 13.0. The number of carbonyl (C=O) groups is 1. The number of hydrogen-bond donors (Lipinski definition) is 0. The maximum Gasteiger partial charge on any atom is 0.339 e. The van der Waals surface area contributed by atoms with Gasteiger partial charge in [0.25, 0.3) is 17.1 Å². The first-order valence-electron chi connectivity index (χ1n) is 10.7. The number of nitro benzene ring substituents is 3. The van der Waals surface area contributed by atoms with Gasteiger partial charge in [-0.1, -0.05) is 26.2 Å². The van der Waals surface area contributed by atoms with Crippen LogP contribution in [0.3, 0.4) is 0 Å². The van der Waals surface area contributed by atoms with Crippen LogP contribution >= 0.6 is 0 Å². The van der Waals surface area contributed by atoms with Crippen molar-refractivity contribution < 1.29 is 24.3 Å². The molecule has 0 amide bonds. The van der Waals surface area contributed by atoms with Gasteiger partial charge in [0.1, 0.15) is 17.7 Å². The molecule has 0 heterocycles. The first kappa shape index (κ1) is 25.5. The largest absolute Gasteiger partial charge is 0.462 e. The zero-order valence-corrected chi connectivity index (χ0v) is 18.8. The predicted octanol–water partition coefficient (Wildman–Crippen LogP) is 4.98. The number of benzene rings is 2. The minimum atomic E-state index is -0.998. The number of nitrogens with zero attached hydrogens (tertiary/aromatic N) is 5. The standard InChI is InChI=1S/C23H17N5O8/c1-2-3-4-5-6-36-23(29)18-9-14(26(30)31)7-16-20(13(11-24)12-25)17-8-15(27(32)33)10-19(28(34)35)22(17)21(16)18/h7-10H,2-6H2,1H3. The van der Waals surface area contributed by atoms with Crippen molar-refractivity contribution in [2.24, 2.45) is 0 Å². The lowest BCUT2D eigenvalue weighted by Gasteiger charge is -2.10. The first-order valence-corrected chi connectivity index (χ1v) is 10.7. The molecule has 3 rings (SSSR count). The highest BCUT2D eigenvalue weighted by atomic mass is 16.6. The Bertz CT molecular complexity index is 1420. The number of hydrogen-bond acceptors (Lipinski definition) is 10. The lowest BCUT2D eigenvalue weighted by Crippen LogP contribution is -2.10. The van der Waals surface area contributed by atoms with Crippen molar-refractivity contribution in [2.45, 2.75) is 32.6 Å². The van der Waals surface area contributed by atoms with Gasteiger partial charge in [-0.05, 0) is 6.42 Å². The molecule has 1 aliphatic rings. The van der Waals surface area contributed by atoms with Crippen molar-refractivity contribution in [3.05, 3.63) is 76.9 Å². The van der Waals surface area contributed by atoms with Gasteiger partial charge >= 0.3 is 5.97 Å². The highest BCUT2D eigenvalue weighted by Gasteiger charge is 2.40. The number of nitriles is 2. The third-order valence-electron chi connectivity index (χ3n) is 5.56. The van der Waals surface area contributed by atoms with Crippen molar-refractivity contribution >= 4 is 28.6 Å². The summed E-state index contributed by atoms with van der Waals surface area (Å²) in [4.78, 5) is 45.4. The lowest BCUT2D eigenvalue weighted by molar-refractivity contribution is -0.393. The number of nitro groups is 3. The number of ether oxygens (including phenoxy) is 1. The van der Waals surface area contributed by atoms with E-state index in [1.54, 1.807) is 12.1 Å². The van der Waals surface area contributed by atoms with E-state index in [1.807, 2.05) is 6.92 Å². The summed E-state index contributed by atoms with van der Waals surface area (Å²) in [7, 11) is 0. The molecule has 36 heavy (non-hydrogen) atoms. The average Bonchev–Trinajstić information content (AvgIpc) is 3.17. The second-order valence-electron chi connectivity index (χ2n) is 7.74. The molecule has 0 aliphatic heterocycles. The molecule has 0 unspecified atom stereocenters. The highest BCUT2D eigenvalue weighted by molar-refractivity contribution is 6.13. The van der Waals surface area contributed by atoms with E-state index in [2.05, 4.69) is 0 Å². The summed E-state index contributed by atoms with van der Waals surface area (Å²) in [5, 5.41) is 54.0. The smallest absolute Gasteiger partial charge is 0.339 e. The van der Waals surface area contributed by atoms with Crippen molar-refractivity contribution in [2.75, 3.05) is 6.61 Å². The van der Waals surface area contributed by atoms with Gasteiger partial charge in [0.05, 0.1) is 38.6 Å². The molecule has 13 nitrogen and oxygen atoms in total. The van der Waals surface area contributed by atoms with Crippen molar-refractivity contribution in [3.63, 3.8) is 0 Å². The predicted molar refractivity (Wildman–Crippen MR) is 124 cm³/mol. The van der Waals surface area contributed by atoms with Crippen LogP contribution in [0.5, 0.6) is 0 Å². The molecule has 0 saturated heterocycles. The van der Waals surface area contributed by atoms with E-state index in [0.717, 1.165) is 37.5 Å². The molecule has 0 fully saturated rings. The number of fused-ring (bicyclic) bond motifs is 3. The van der Waals surface area contributed by atoms with Crippen LogP contribution in [0.4, 0.5) is 17.1 Å². The molecule has 1 aliphatic carbocycles. The number of non-ortho nitro benzene ring substituents is 2. The quantitative estimate of drug-likeness (QED) is 0.129. The van der Waals surface area contributed by atoms with Crippen molar-refractivity contribution in [3.8, 4) is 23.3 Å². The molecule has 182 valence electrons. The fraction of sp³-hybridized carbons (Fsp3) is 0.261. The Hall–Kier alpha value is -5.17. The molecule has 0 saturated carbocycles. The van der Waals surface area contributed by atoms with E-state index in [-0.39, 0.29) is 34.4 Å². The Morgan fingerprint density at radius 2 is 1.44 bits per heavy atom. The van der Waals surface area contributed by atoms with Crippen molar-refractivity contribution in [1.82, 2.24) is 0 Å². The number of allylic oxidation sites excluding steroid dienone is 1. The van der Waals surface area contributed by atoms with Crippen LogP contribution in [0.25, 0.3) is 16.7 Å². The molecule has 0 aromatic heterocycles. The maximum absolute atomic E-state index is 13.0. The topological polar surface area (TPSA) is 203 Å². The Balaban J connectivity index is 2.38. The minimum Gasteiger partial charge on any atom is -0.462 e. The van der Waals surface area contributed by atoms with Crippen LogP contribution < -0.4 is 0 Å². The summed E-state index contributed by atoms with van der Waals surface area (Å²) in [5.74, 6) is -0.998. The first-order chi connectivity index (χ1) is 17.2. The van der Waals surface area contributed by atoms with Gasteiger partial charge in [0.15, 0.2) is 0 Å². The minimum absolute atomic E-state index is 0.00412. The Kier molecular flexibility index (Phi) is 7.35. The molecular formula is C23H17N5O8. The van der Waals surface area contributed by atoms with E-state index in [4.69, 9.17) is 4.74 Å². The molecule has 0 spiro atoms. The molecule has 13 heteroatoms. The van der Waals surface area contributed by atoms with Crippen LogP contribution in [0, 0.1) is 53.0 Å². The molecule has 2 aromatic carbocycles. The van der Waals surface area contributed by atoms with Gasteiger partial charge < -0.3 is 4.74 Å². The monoisotopic (exact) mass is 491 g/mol. The summed E-state index contributed by atoms with van der Waals surface area (Å²) < 4.78 is 5.27. The van der Waals surface area contributed by atoms with Crippen molar-refractivity contribution in [1.29, 1.82) is 10.5 Å². The second-order valence-corrected chi connectivity index (χ2v) is 7.74. The van der Waals surface area contributed by atoms with Gasteiger partial charge in [-0.15, -0.1) is 0 Å². The zero-order chi connectivity index (χ0) is 26.6. The van der Waals surface area contributed by atoms with Crippen LogP contribution in [-0.2, 0) is 4.74 Å². The summed E-state index contributed by atoms with van der Waals surface area (Å²) >= 11 is 0. The third kappa shape index (κ3) is 4.58. The fourth-order valence-electron chi connectivity index (χ4n) is 4.00. The fourth-order valence-corrected chi connectivity index (χ4v) is 4.00. The lowest BCUT2D eigenvalue weighted by atomic mass is 9.96. The normalized spacial score (nSPS) is 11.0. The number of rotatable bonds is 9. The SMILES string of the molecule is CCCCCCOC(=O)c1cc([N+](=O)[O-])cc2c1-c1c(cc([N+](=O)[O-])cc1[N+](=O)[O-])C2=C(C#N)C#N. The van der Waals surface area contributed by atoms with Gasteiger partial charge in [-0.25, -0.2) is 4.79 Å². The van der Waals surface area contributed by atoms with Gasteiger partial charge in [-0.2, -0.15) is 10.5 Å². The van der Waals surface area contributed by atoms with Crippen LogP contribution in [0.2, 0.25) is 0 Å². The van der Waals surface area contributed by atoms with Gasteiger partial charge in [-0.3, -0.25) is 30.3 Å². The summed E-state index contributed by atoms with van der Waals surface area (Å²) in [6, 6.07) is 6.71. The second kappa shape index (κ2) is 10.4. The Morgan fingerprint density at radius 3 is 1.97 bits per heavy atom. The van der Waals surface area contributed by atoms with Gasteiger partial charge in [0, 0.05) is 40.5 Å². The number of esters is 1. The highest BCUT2D eigenvalue weighted by Crippen LogP contribution is 2.53. The summed E-state index contributed by atoms with van der Waals surface area (Å²) in [6.45, 7) is 1.99. The molecule has 0 radical (unpaired) electrons. The van der Waals surface area contributed by atoms with E-state index in [0.29, 0.717) is 12.5 Å². The molecular weight excluding hydrogens is 474 g/mol. The van der Waals surface area contributed by atoms with E-state index in [9.17, 15) is 45.7 Å². The number of unbranched alkanes of at least 4 members (excludes halogenated alkanes) is 3. The van der Waals surface area contributed by atoms with Crippen LogP contribution in [0.1, 0.15) is 54.1 Å². The summed E-state index contributed by atoms with van der Waals surface area (Å²) in [6.07, 6.45) is 3.14.